The minimum Gasteiger partial charge on any atom is -0.489 e. The molecule has 0 bridgehead atoms. The van der Waals surface area contributed by atoms with Gasteiger partial charge >= 0.3 is 0 Å². The lowest BCUT2D eigenvalue weighted by Gasteiger charge is -2.18. The number of hydrogen-bond acceptors (Lipinski definition) is 2. The van der Waals surface area contributed by atoms with Gasteiger partial charge in [-0.2, -0.15) is 0 Å². The predicted molar refractivity (Wildman–Crippen MR) is 73.8 cm³/mol. The Morgan fingerprint density at radius 3 is 2.39 bits per heavy atom. The molecule has 0 amide bonds. The molecule has 1 rings (SSSR count). The van der Waals surface area contributed by atoms with E-state index in [1.54, 1.807) is 12.1 Å². The average Bonchev–Trinajstić information content (AvgIpc) is 2.36. The summed E-state index contributed by atoms with van der Waals surface area (Å²) in [4.78, 5) is 2.25. The fraction of sp³-hybridized carbons (Fsp3) is 0.600. The second kappa shape index (κ2) is 7.37. The van der Waals surface area contributed by atoms with E-state index >= 15 is 0 Å². The highest BCUT2D eigenvalue weighted by molar-refractivity contribution is 5.30. The number of ether oxygens (including phenoxy) is 1. The Balaban J connectivity index is 2.53. The number of halogens is 1. The normalized spacial score (nSPS) is 11.3. The second-order valence-electron chi connectivity index (χ2n) is 4.72. The van der Waals surface area contributed by atoms with Crippen LogP contribution in [0.2, 0.25) is 0 Å². The van der Waals surface area contributed by atoms with E-state index in [1.165, 1.54) is 0 Å². The molecule has 0 atom stereocenters. The Hall–Kier alpha value is -1.09. The molecule has 0 unspecified atom stereocenters. The molecule has 0 N–H and O–H groups in total. The van der Waals surface area contributed by atoms with Gasteiger partial charge in [-0.15, -0.1) is 0 Å². The second-order valence-corrected chi connectivity index (χ2v) is 4.72. The van der Waals surface area contributed by atoms with Crippen LogP contribution in [0.3, 0.4) is 0 Å². The molecule has 0 spiro atoms. The number of nitrogens with zero attached hydrogens (tertiary/aromatic N) is 1. The molecule has 0 heterocycles. The molecule has 0 saturated carbocycles. The molecule has 0 fully saturated rings. The van der Waals surface area contributed by atoms with Gasteiger partial charge in [0.1, 0.15) is 6.61 Å². The van der Waals surface area contributed by atoms with Gasteiger partial charge in [0.15, 0.2) is 11.6 Å². The lowest BCUT2D eigenvalue weighted by Crippen LogP contribution is -2.28. The first-order chi connectivity index (χ1) is 8.58. The van der Waals surface area contributed by atoms with Crippen LogP contribution in [0.25, 0.3) is 0 Å². The SMILES string of the molecule is CCN(CC)CCOc1ccc(C(C)C)cc1F. The lowest BCUT2D eigenvalue weighted by molar-refractivity contribution is 0.217. The van der Waals surface area contributed by atoms with Crippen molar-refractivity contribution in [3.8, 4) is 5.75 Å². The van der Waals surface area contributed by atoms with Crippen molar-refractivity contribution in [3.05, 3.63) is 29.6 Å². The van der Waals surface area contributed by atoms with Crippen LogP contribution in [-0.4, -0.2) is 31.1 Å². The van der Waals surface area contributed by atoms with Gasteiger partial charge in [0.25, 0.3) is 0 Å². The molecule has 1 aromatic rings. The Morgan fingerprint density at radius 2 is 1.89 bits per heavy atom. The number of benzene rings is 1. The van der Waals surface area contributed by atoms with Crippen LogP contribution in [0, 0.1) is 5.82 Å². The Kier molecular flexibility index (Phi) is 6.13. The van der Waals surface area contributed by atoms with Gasteiger partial charge in [-0.1, -0.05) is 33.8 Å². The summed E-state index contributed by atoms with van der Waals surface area (Å²) in [5.74, 6) is 0.427. The Labute approximate surface area is 110 Å². The Bertz CT molecular complexity index is 362. The zero-order chi connectivity index (χ0) is 13.5. The number of hydrogen-bond donors (Lipinski definition) is 0. The maximum atomic E-state index is 13.8. The van der Waals surface area contributed by atoms with E-state index in [-0.39, 0.29) is 5.82 Å². The van der Waals surface area contributed by atoms with Crippen molar-refractivity contribution in [2.24, 2.45) is 0 Å². The molecule has 0 aromatic heterocycles. The summed E-state index contributed by atoms with van der Waals surface area (Å²) < 4.78 is 19.2. The first-order valence-corrected chi connectivity index (χ1v) is 6.73. The Morgan fingerprint density at radius 1 is 1.22 bits per heavy atom. The molecule has 102 valence electrons. The van der Waals surface area contributed by atoms with Crippen molar-refractivity contribution in [3.63, 3.8) is 0 Å². The monoisotopic (exact) mass is 253 g/mol. The van der Waals surface area contributed by atoms with Gasteiger partial charge in [-0.3, -0.25) is 0 Å². The van der Waals surface area contributed by atoms with E-state index in [4.69, 9.17) is 4.74 Å². The van der Waals surface area contributed by atoms with Gasteiger partial charge in [0, 0.05) is 6.54 Å². The molecular weight excluding hydrogens is 229 g/mol. The first-order valence-electron chi connectivity index (χ1n) is 6.73. The maximum Gasteiger partial charge on any atom is 0.165 e. The van der Waals surface area contributed by atoms with Crippen LogP contribution in [0.4, 0.5) is 4.39 Å². The fourth-order valence-electron chi connectivity index (χ4n) is 1.82. The molecule has 0 aliphatic carbocycles. The van der Waals surface area contributed by atoms with E-state index in [0.717, 1.165) is 25.2 Å². The third-order valence-corrected chi connectivity index (χ3v) is 3.18. The van der Waals surface area contributed by atoms with Crippen LogP contribution < -0.4 is 4.74 Å². The zero-order valence-electron chi connectivity index (χ0n) is 11.9. The fourth-order valence-corrected chi connectivity index (χ4v) is 1.82. The largest absolute Gasteiger partial charge is 0.489 e. The molecule has 0 saturated heterocycles. The van der Waals surface area contributed by atoms with E-state index in [9.17, 15) is 4.39 Å². The standard InChI is InChI=1S/C15H24FNO/c1-5-17(6-2)9-10-18-15-8-7-13(12(3)4)11-14(15)16/h7-8,11-12H,5-6,9-10H2,1-4H3. The van der Waals surface area contributed by atoms with Crippen LogP contribution in [0.15, 0.2) is 18.2 Å². The summed E-state index contributed by atoms with van der Waals surface area (Å²) >= 11 is 0. The van der Waals surface area contributed by atoms with Crippen molar-refractivity contribution < 1.29 is 9.13 Å². The van der Waals surface area contributed by atoms with Crippen molar-refractivity contribution in [2.75, 3.05) is 26.2 Å². The molecule has 2 nitrogen and oxygen atoms in total. The first kappa shape index (κ1) is 15.0. The van der Waals surface area contributed by atoms with Crippen molar-refractivity contribution in [1.29, 1.82) is 0 Å². The van der Waals surface area contributed by atoms with Crippen LogP contribution >= 0.6 is 0 Å². The third-order valence-electron chi connectivity index (χ3n) is 3.18. The zero-order valence-corrected chi connectivity index (χ0v) is 11.9. The van der Waals surface area contributed by atoms with Crippen molar-refractivity contribution >= 4 is 0 Å². The minimum atomic E-state index is -0.263. The summed E-state index contributed by atoms with van der Waals surface area (Å²) in [5.41, 5.74) is 1.00. The van der Waals surface area contributed by atoms with Crippen LogP contribution in [-0.2, 0) is 0 Å². The van der Waals surface area contributed by atoms with Crippen LogP contribution in [0.5, 0.6) is 5.75 Å². The highest BCUT2D eigenvalue weighted by atomic mass is 19.1. The summed E-state index contributed by atoms with van der Waals surface area (Å²) in [6.45, 7) is 11.7. The minimum absolute atomic E-state index is 0.263. The van der Waals surface area contributed by atoms with E-state index in [0.29, 0.717) is 18.3 Å². The van der Waals surface area contributed by atoms with Crippen molar-refractivity contribution in [1.82, 2.24) is 4.90 Å². The highest BCUT2D eigenvalue weighted by Crippen LogP contribution is 2.22. The van der Waals surface area contributed by atoms with Gasteiger partial charge in [0.05, 0.1) is 0 Å². The van der Waals surface area contributed by atoms with Gasteiger partial charge in [-0.25, -0.2) is 4.39 Å². The average molecular weight is 253 g/mol. The topological polar surface area (TPSA) is 12.5 Å². The van der Waals surface area contributed by atoms with Gasteiger partial charge in [0.2, 0.25) is 0 Å². The van der Waals surface area contributed by atoms with Gasteiger partial charge < -0.3 is 9.64 Å². The quantitative estimate of drug-likeness (QED) is 0.735. The summed E-state index contributed by atoms with van der Waals surface area (Å²) in [5, 5.41) is 0. The van der Waals surface area contributed by atoms with Crippen molar-refractivity contribution in [2.45, 2.75) is 33.6 Å². The van der Waals surface area contributed by atoms with Gasteiger partial charge in [-0.05, 0) is 36.7 Å². The molecule has 18 heavy (non-hydrogen) atoms. The maximum absolute atomic E-state index is 13.8. The summed E-state index contributed by atoms with van der Waals surface area (Å²) in [6.07, 6.45) is 0. The van der Waals surface area contributed by atoms with E-state index in [1.807, 2.05) is 6.07 Å². The van der Waals surface area contributed by atoms with E-state index < -0.39 is 0 Å². The number of rotatable bonds is 7. The molecule has 0 aliphatic rings. The third kappa shape index (κ3) is 4.30. The lowest BCUT2D eigenvalue weighted by atomic mass is 10.0. The molecule has 1 aromatic carbocycles. The summed E-state index contributed by atoms with van der Waals surface area (Å²) in [6, 6.07) is 5.23. The van der Waals surface area contributed by atoms with Crippen LogP contribution in [0.1, 0.15) is 39.2 Å². The smallest absolute Gasteiger partial charge is 0.165 e. The molecule has 0 aliphatic heterocycles. The summed E-state index contributed by atoms with van der Waals surface area (Å²) in [7, 11) is 0. The predicted octanol–water partition coefficient (Wildman–Crippen LogP) is 3.67. The highest BCUT2D eigenvalue weighted by Gasteiger charge is 2.07. The molecule has 3 heteroatoms. The molecule has 0 radical (unpaired) electrons. The number of likely N-dealkylation sites (N-methyl/N-ethyl adjacent to an activating group) is 1. The molecular formula is C15H24FNO. The van der Waals surface area contributed by atoms with E-state index in [2.05, 4.69) is 32.6 Å².